The smallest absolute Gasteiger partial charge is 0.263 e. The molecule has 4 rings (SSSR count). The fraction of sp³-hybridized carbons (Fsp3) is 0.158. The van der Waals surface area contributed by atoms with Crippen LogP contribution in [0.2, 0.25) is 0 Å². The van der Waals surface area contributed by atoms with Gasteiger partial charge in [0.15, 0.2) is 5.13 Å². The Morgan fingerprint density at radius 1 is 1.19 bits per heavy atom. The van der Waals surface area contributed by atoms with Crippen molar-refractivity contribution in [2.75, 3.05) is 0 Å². The minimum absolute atomic E-state index is 0.129. The van der Waals surface area contributed by atoms with E-state index in [0.29, 0.717) is 11.4 Å². The van der Waals surface area contributed by atoms with E-state index in [1.807, 2.05) is 55.3 Å². The molecule has 0 radical (unpaired) electrons. The fourth-order valence-electron chi connectivity index (χ4n) is 2.74. The third-order valence-corrected chi connectivity index (χ3v) is 5.27. The van der Waals surface area contributed by atoms with Gasteiger partial charge in [-0.15, -0.1) is 0 Å². The number of carbonyl (C=O) groups excluding carboxylic acids is 1. The van der Waals surface area contributed by atoms with Crippen LogP contribution >= 0.6 is 11.3 Å². The number of hydrogen-bond acceptors (Lipinski definition) is 5. The van der Waals surface area contributed by atoms with Gasteiger partial charge in [0.2, 0.25) is 0 Å². The Balaban J connectivity index is 1.47. The summed E-state index contributed by atoms with van der Waals surface area (Å²) in [6, 6.07) is 5.87. The van der Waals surface area contributed by atoms with E-state index in [4.69, 9.17) is 0 Å². The number of rotatable bonds is 5. The number of aryl methyl sites for hydroxylation is 2. The molecular weight excluding hydrogens is 360 g/mol. The van der Waals surface area contributed by atoms with E-state index >= 15 is 0 Å². The summed E-state index contributed by atoms with van der Waals surface area (Å²) in [4.78, 5) is 22.0. The second-order valence-corrected chi connectivity index (χ2v) is 7.15. The van der Waals surface area contributed by atoms with Gasteiger partial charge in [-0.05, 0) is 30.7 Å². The predicted molar refractivity (Wildman–Crippen MR) is 104 cm³/mol. The lowest BCUT2D eigenvalue weighted by Gasteiger charge is -2.05. The molecule has 0 saturated heterocycles. The first-order valence-corrected chi connectivity index (χ1v) is 9.24. The third-order valence-electron chi connectivity index (χ3n) is 4.10. The van der Waals surface area contributed by atoms with Gasteiger partial charge in [0.25, 0.3) is 5.91 Å². The average Bonchev–Trinajstić information content (AvgIpc) is 3.40. The van der Waals surface area contributed by atoms with Crippen LogP contribution in [0.4, 0.5) is 0 Å². The number of amides is 1. The minimum atomic E-state index is -0.129. The number of nitrogens with zero attached hydrogens (tertiary/aromatic N) is 5. The first-order chi connectivity index (χ1) is 13.1. The summed E-state index contributed by atoms with van der Waals surface area (Å²) in [6.45, 7) is 2.25. The van der Waals surface area contributed by atoms with Crippen molar-refractivity contribution in [1.82, 2.24) is 29.6 Å². The van der Waals surface area contributed by atoms with Gasteiger partial charge in [-0.25, -0.2) is 4.98 Å². The molecular formula is C19H18N6OS. The molecule has 1 N–H and O–H groups in total. The van der Waals surface area contributed by atoms with Crippen LogP contribution in [0.5, 0.6) is 0 Å². The van der Waals surface area contributed by atoms with Crippen LogP contribution in [0.1, 0.15) is 20.9 Å². The molecule has 0 aliphatic heterocycles. The van der Waals surface area contributed by atoms with Gasteiger partial charge < -0.3 is 9.88 Å². The van der Waals surface area contributed by atoms with Gasteiger partial charge in [0, 0.05) is 55.7 Å². The van der Waals surface area contributed by atoms with Gasteiger partial charge in [0.1, 0.15) is 4.88 Å². The first kappa shape index (κ1) is 17.2. The Bertz CT molecular complexity index is 1080. The van der Waals surface area contributed by atoms with Gasteiger partial charge >= 0.3 is 0 Å². The zero-order chi connectivity index (χ0) is 18.8. The summed E-state index contributed by atoms with van der Waals surface area (Å²) in [5, 5.41) is 7.92. The van der Waals surface area contributed by atoms with Crippen LogP contribution in [-0.4, -0.2) is 30.2 Å². The molecule has 27 heavy (non-hydrogen) atoms. The molecule has 4 heterocycles. The van der Waals surface area contributed by atoms with E-state index in [2.05, 4.69) is 20.4 Å². The van der Waals surface area contributed by atoms with Crippen LogP contribution in [0.25, 0.3) is 16.3 Å². The number of pyridine rings is 1. The summed E-state index contributed by atoms with van der Waals surface area (Å²) >= 11 is 1.38. The molecule has 0 fully saturated rings. The summed E-state index contributed by atoms with van der Waals surface area (Å²) in [5.74, 6) is -0.129. The lowest BCUT2D eigenvalue weighted by atomic mass is 10.1. The van der Waals surface area contributed by atoms with Crippen LogP contribution in [0, 0.1) is 6.92 Å². The van der Waals surface area contributed by atoms with E-state index in [1.165, 1.54) is 11.3 Å². The highest BCUT2D eigenvalue weighted by atomic mass is 32.1. The molecule has 0 saturated carbocycles. The van der Waals surface area contributed by atoms with E-state index < -0.39 is 0 Å². The highest BCUT2D eigenvalue weighted by Gasteiger charge is 2.16. The molecule has 1 amide bonds. The second kappa shape index (κ2) is 7.16. The Hall–Kier alpha value is -3.26. The normalized spacial score (nSPS) is 10.9. The maximum absolute atomic E-state index is 12.6. The van der Waals surface area contributed by atoms with E-state index in [-0.39, 0.29) is 5.91 Å². The largest absolute Gasteiger partial charge is 0.347 e. The first-order valence-electron chi connectivity index (χ1n) is 8.42. The van der Waals surface area contributed by atoms with Crippen molar-refractivity contribution in [2.45, 2.75) is 13.5 Å². The van der Waals surface area contributed by atoms with Crippen molar-refractivity contribution >= 4 is 17.2 Å². The van der Waals surface area contributed by atoms with Gasteiger partial charge in [-0.2, -0.15) is 5.10 Å². The number of hydrogen-bond donors (Lipinski definition) is 1. The minimum Gasteiger partial charge on any atom is -0.347 e. The third kappa shape index (κ3) is 3.65. The molecule has 136 valence electrons. The Kier molecular flexibility index (Phi) is 4.55. The molecule has 0 aliphatic rings. The molecule has 7 nitrogen and oxygen atoms in total. The summed E-state index contributed by atoms with van der Waals surface area (Å²) in [7, 11) is 1.88. The van der Waals surface area contributed by atoms with Crippen molar-refractivity contribution in [2.24, 2.45) is 7.05 Å². The molecule has 0 aromatic carbocycles. The summed E-state index contributed by atoms with van der Waals surface area (Å²) in [5.41, 5.74) is 3.62. The Morgan fingerprint density at radius 2 is 2.00 bits per heavy atom. The van der Waals surface area contributed by atoms with E-state index in [1.54, 1.807) is 23.3 Å². The highest BCUT2D eigenvalue weighted by molar-refractivity contribution is 7.16. The van der Waals surface area contributed by atoms with Crippen LogP contribution in [0.3, 0.4) is 0 Å². The number of aromatic nitrogens is 5. The fourth-order valence-corrected chi connectivity index (χ4v) is 3.69. The van der Waals surface area contributed by atoms with Crippen LogP contribution in [0.15, 0.2) is 55.4 Å². The SMILES string of the molecule is Cc1nc(-n2cccc2)sc1C(=O)NCc1cncc(-c2cnn(C)c2)c1. The van der Waals surface area contributed by atoms with Gasteiger partial charge in [0.05, 0.1) is 11.9 Å². The molecule has 0 spiro atoms. The monoisotopic (exact) mass is 378 g/mol. The van der Waals surface area contributed by atoms with Crippen molar-refractivity contribution in [3.05, 3.63) is 71.5 Å². The van der Waals surface area contributed by atoms with E-state index in [0.717, 1.165) is 27.5 Å². The number of nitrogens with one attached hydrogen (secondary N) is 1. The standard InChI is InChI=1S/C19H18N6OS/c1-13-17(27-19(23-13)25-5-3-4-6-25)18(26)21-9-14-7-15(10-20-8-14)16-11-22-24(2)12-16/h3-8,10-12H,9H2,1-2H3,(H,21,26). The van der Waals surface area contributed by atoms with E-state index in [9.17, 15) is 4.79 Å². The summed E-state index contributed by atoms with van der Waals surface area (Å²) in [6.07, 6.45) is 11.1. The van der Waals surface area contributed by atoms with Crippen molar-refractivity contribution in [3.8, 4) is 16.3 Å². The Morgan fingerprint density at radius 3 is 2.74 bits per heavy atom. The molecule has 8 heteroatoms. The molecule has 0 aliphatic carbocycles. The lowest BCUT2D eigenvalue weighted by molar-refractivity contribution is 0.0954. The highest BCUT2D eigenvalue weighted by Crippen LogP contribution is 2.22. The van der Waals surface area contributed by atoms with Crippen molar-refractivity contribution < 1.29 is 4.79 Å². The average molecular weight is 378 g/mol. The van der Waals surface area contributed by atoms with Crippen molar-refractivity contribution in [1.29, 1.82) is 0 Å². The van der Waals surface area contributed by atoms with Gasteiger partial charge in [-0.1, -0.05) is 11.3 Å². The van der Waals surface area contributed by atoms with Crippen molar-refractivity contribution in [3.63, 3.8) is 0 Å². The summed E-state index contributed by atoms with van der Waals surface area (Å²) < 4.78 is 3.65. The molecule has 0 atom stereocenters. The molecule has 4 aromatic heterocycles. The molecule has 0 unspecified atom stereocenters. The molecule has 4 aromatic rings. The number of carbonyl (C=O) groups is 1. The van der Waals surface area contributed by atoms with Gasteiger partial charge in [-0.3, -0.25) is 14.5 Å². The quantitative estimate of drug-likeness (QED) is 0.579. The maximum Gasteiger partial charge on any atom is 0.263 e. The second-order valence-electron chi connectivity index (χ2n) is 6.17. The topological polar surface area (TPSA) is 77.6 Å². The zero-order valence-electron chi connectivity index (χ0n) is 15.0. The Labute approximate surface area is 160 Å². The molecule has 0 bridgehead atoms. The zero-order valence-corrected chi connectivity index (χ0v) is 15.8. The lowest BCUT2D eigenvalue weighted by Crippen LogP contribution is -2.22. The van der Waals surface area contributed by atoms with Crippen LogP contribution in [-0.2, 0) is 13.6 Å². The maximum atomic E-state index is 12.6. The van der Waals surface area contributed by atoms with Crippen LogP contribution < -0.4 is 5.32 Å². The number of thiazole rings is 1. The predicted octanol–water partition coefficient (Wildman–Crippen LogP) is 2.97.